The van der Waals surface area contributed by atoms with Crippen molar-refractivity contribution < 1.29 is 4.79 Å². The molecule has 1 heterocycles. The van der Waals surface area contributed by atoms with Crippen LogP contribution in [0.15, 0.2) is 35.3 Å². The van der Waals surface area contributed by atoms with Crippen molar-refractivity contribution in [1.82, 2.24) is 4.90 Å². The first-order valence-electron chi connectivity index (χ1n) is 5.79. The van der Waals surface area contributed by atoms with Crippen LogP contribution in [0.3, 0.4) is 0 Å². The smallest absolute Gasteiger partial charge is 0.244 e. The van der Waals surface area contributed by atoms with E-state index in [0.29, 0.717) is 5.88 Å². The third kappa shape index (κ3) is 3.27. The summed E-state index contributed by atoms with van der Waals surface area (Å²) >= 11 is 7.58. The zero-order chi connectivity index (χ0) is 13.0. The van der Waals surface area contributed by atoms with Crippen LogP contribution in [0.4, 0.5) is 0 Å². The molecular formula is C13H15ClN2OS. The first-order chi connectivity index (χ1) is 8.70. The SMILES string of the molecule is CC(=O)N=C1SCC(CCl)N1Cc1ccccc1. The van der Waals surface area contributed by atoms with E-state index in [1.807, 2.05) is 18.2 Å². The van der Waals surface area contributed by atoms with Gasteiger partial charge in [-0.15, -0.1) is 11.6 Å². The molecule has 1 atom stereocenters. The van der Waals surface area contributed by atoms with Crippen molar-refractivity contribution in [2.24, 2.45) is 4.99 Å². The van der Waals surface area contributed by atoms with Gasteiger partial charge in [-0.1, -0.05) is 42.1 Å². The van der Waals surface area contributed by atoms with Crippen LogP contribution in [0, 0.1) is 0 Å². The molecule has 0 saturated carbocycles. The third-order valence-corrected chi connectivity index (χ3v) is 4.21. The number of carbonyl (C=O) groups is 1. The molecule has 1 unspecified atom stereocenters. The standard InChI is InChI=1S/C13H15ClN2OS/c1-10(17)15-13-16(12(7-14)9-18-13)8-11-5-3-2-4-6-11/h2-6,12H,7-9H2,1H3. The van der Waals surface area contributed by atoms with Crippen LogP contribution in [0.2, 0.25) is 0 Å². The van der Waals surface area contributed by atoms with Crippen molar-refractivity contribution in [2.75, 3.05) is 11.6 Å². The van der Waals surface area contributed by atoms with E-state index in [1.54, 1.807) is 11.8 Å². The van der Waals surface area contributed by atoms with Crippen LogP contribution < -0.4 is 0 Å². The number of benzene rings is 1. The highest BCUT2D eigenvalue weighted by Crippen LogP contribution is 2.27. The summed E-state index contributed by atoms with van der Waals surface area (Å²) in [6, 6.07) is 10.4. The highest BCUT2D eigenvalue weighted by atomic mass is 35.5. The molecule has 1 aliphatic rings. The number of hydrogen-bond acceptors (Lipinski definition) is 2. The van der Waals surface area contributed by atoms with Crippen LogP contribution in [0.1, 0.15) is 12.5 Å². The van der Waals surface area contributed by atoms with Crippen molar-refractivity contribution >= 4 is 34.4 Å². The molecule has 5 heteroatoms. The Morgan fingerprint density at radius 1 is 1.50 bits per heavy atom. The van der Waals surface area contributed by atoms with Gasteiger partial charge in [0, 0.05) is 25.1 Å². The van der Waals surface area contributed by atoms with Crippen molar-refractivity contribution in [1.29, 1.82) is 0 Å². The van der Waals surface area contributed by atoms with E-state index in [-0.39, 0.29) is 11.9 Å². The molecule has 0 aromatic heterocycles. The molecule has 18 heavy (non-hydrogen) atoms. The molecule has 1 saturated heterocycles. The maximum absolute atomic E-state index is 11.1. The molecule has 1 aromatic rings. The molecule has 3 nitrogen and oxygen atoms in total. The minimum absolute atomic E-state index is 0.161. The molecular weight excluding hydrogens is 268 g/mol. The summed E-state index contributed by atoms with van der Waals surface area (Å²) in [5.74, 6) is 1.28. The third-order valence-electron chi connectivity index (χ3n) is 2.72. The van der Waals surface area contributed by atoms with Gasteiger partial charge in [0.05, 0.1) is 6.04 Å². The largest absolute Gasteiger partial charge is 0.342 e. The van der Waals surface area contributed by atoms with Gasteiger partial charge in [-0.3, -0.25) is 4.79 Å². The maximum Gasteiger partial charge on any atom is 0.244 e. The van der Waals surface area contributed by atoms with Crippen LogP contribution in [-0.4, -0.2) is 33.6 Å². The zero-order valence-electron chi connectivity index (χ0n) is 10.2. The van der Waals surface area contributed by atoms with Gasteiger partial charge >= 0.3 is 0 Å². The Kier molecular flexibility index (Phi) is 4.66. The Balaban J connectivity index is 2.17. The number of rotatable bonds is 3. The predicted molar refractivity (Wildman–Crippen MR) is 77.1 cm³/mol. The summed E-state index contributed by atoms with van der Waals surface area (Å²) in [5, 5.41) is 0.789. The van der Waals surface area contributed by atoms with E-state index >= 15 is 0 Å². The number of aliphatic imine (C=N–C) groups is 1. The summed E-state index contributed by atoms with van der Waals surface area (Å²) in [4.78, 5) is 17.3. The van der Waals surface area contributed by atoms with Crippen LogP contribution in [-0.2, 0) is 11.3 Å². The second-order valence-corrected chi connectivity index (χ2v) is 5.44. The molecule has 0 N–H and O–H groups in total. The molecule has 0 bridgehead atoms. The normalized spacial score (nSPS) is 21.6. The second kappa shape index (κ2) is 6.25. The topological polar surface area (TPSA) is 32.7 Å². The number of amidine groups is 1. The molecule has 1 aromatic carbocycles. The van der Waals surface area contributed by atoms with Crippen LogP contribution in [0.25, 0.3) is 0 Å². The Labute approximate surface area is 116 Å². The lowest BCUT2D eigenvalue weighted by Crippen LogP contribution is -2.34. The van der Waals surface area contributed by atoms with Crippen LogP contribution in [0.5, 0.6) is 0 Å². The van der Waals surface area contributed by atoms with Crippen molar-refractivity contribution in [2.45, 2.75) is 19.5 Å². The monoisotopic (exact) mass is 282 g/mol. The molecule has 0 aliphatic carbocycles. The summed E-state index contributed by atoms with van der Waals surface area (Å²) in [5.41, 5.74) is 1.20. The lowest BCUT2D eigenvalue weighted by Gasteiger charge is -2.24. The summed E-state index contributed by atoms with van der Waals surface area (Å²) in [7, 11) is 0. The fourth-order valence-corrected chi connectivity index (χ4v) is 3.45. The number of nitrogens with zero attached hydrogens (tertiary/aromatic N) is 2. The maximum atomic E-state index is 11.1. The number of carbonyl (C=O) groups excluding carboxylic acids is 1. The molecule has 96 valence electrons. The van der Waals surface area contributed by atoms with E-state index in [0.717, 1.165) is 17.5 Å². The van der Waals surface area contributed by atoms with E-state index in [9.17, 15) is 4.79 Å². The predicted octanol–water partition coefficient (Wildman–Crippen LogP) is 2.75. The van der Waals surface area contributed by atoms with Crippen LogP contribution >= 0.6 is 23.4 Å². The minimum Gasteiger partial charge on any atom is -0.342 e. The summed E-state index contributed by atoms with van der Waals surface area (Å²) in [6.45, 7) is 2.22. The van der Waals surface area contributed by atoms with E-state index in [4.69, 9.17) is 11.6 Å². The summed E-state index contributed by atoms with van der Waals surface area (Å²) in [6.07, 6.45) is 0. The molecule has 2 rings (SSSR count). The zero-order valence-corrected chi connectivity index (χ0v) is 11.7. The molecule has 1 aliphatic heterocycles. The molecule has 0 radical (unpaired) electrons. The number of hydrogen-bond donors (Lipinski definition) is 0. The van der Waals surface area contributed by atoms with Crippen molar-refractivity contribution in [3.8, 4) is 0 Å². The van der Waals surface area contributed by atoms with Gasteiger partial charge < -0.3 is 4.90 Å². The summed E-state index contributed by atoms with van der Waals surface area (Å²) < 4.78 is 0. The first kappa shape index (κ1) is 13.4. The number of alkyl halides is 1. The number of thioether (sulfide) groups is 1. The molecule has 1 amide bonds. The first-order valence-corrected chi connectivity index (χ1v) is 7.31. The van der Waals surface area contributed by atoms with Crippen molar-refractivity contribution in [3.05, 3.63) is 35.9 Å². The molecule has 0 spiro atoms. The highest BCUT2D eigenvalue weighted by Gasteiger charge is 2.29. The number of halogens is 1. The highest BCUT2D eigenvalue weighted by molar-refractivity contribution is 8.14. The average Bonchev–Trinajstić information content (AvgIpc) is 2.72. The van der Waals surface area contributed by atoms with Gasteiger partial charge in [0.15, 0.2) is 5.17 Å². The van der Waals surface area contributed by atoms with Gasteiger partial charge in [-0.2, -0.15) is 4.99 Å². The Morgan fingerprint density at radius 3 is 2.83 bits per heavy atom. The lowest BCUT2D eigenvalue weighted by atomic mass is 10.2. The average molecular weight is 283 g/mol. The quantitative estimate of drug-likeness (QED) is 0.799. The second-order valence-electron chi connectivity index (χ2n) is 4.15. The molecule has 1 fully saturated rings. The minimum atomic E-state index is -0.161. The van der Waals surface area contributed by atoms with E-state index in [1.165, 1.54) is 12.5 Å². The van der Waals surface area contributed by atoms with Gasteiger partial charge in [0.25, 0.3) is 0 Å². The van der Waals surface area contributed by atoms with Gasteiger partial charge in [0.2, 0.25) is 5.91 Å². The fourth-order valence-electron chi connectivity index (χ4n) is 1.84. The van der Waals surface area contributed by atoms with E-state index < -0.39 is 0 Å². The van der Waals surface area contributed by atoms with E-state index in [2.05, 4.69) is 22.0 Å². The Bertz CT molecular complexity index is 450. The Hall–Kier alpha value is -1.00. The lowest BCUT2D eigenvalue weighted by molar-refractivity contribution is -0.115. The van der Waals surface area contributed by atoms with Gasteiger partial charge in [0.1, 0.15) is 0 Å². The Morgan fingerprint density at radius 2 is 2.22 bits per heavy atom. The van der Waals surface area contributed by atoms with Crippen molar-refractivity contribution in [3.63, 3.8) is 0 Å². The fraction of sp³-hybridized carbons (Fsp3) is 0.385. The van der Waals surface area contributed by atoms with Gasteiger partial charge in [-0.05, 0) is 5.56 Å². The number of amides is 1. The van der Waals surface area contributed by atoms with Gasteiger partial charge in [-0.25, -0.2) is 0 Å².